The van der Waals surface area contributed by atoms with Crippen LogP contribution in [0.5, 0.6) is 0 Å². The van der Waals surface area contributed by atoms with Gasteiger partial charge in [-0.25, -0.2) is 14.6 Å². The van der Waals surface area contributed by atoms with Crippen molar-refractivity contribution in [3.05, 3.63) is 40.9 Å². The van der Waals surface area contributed by atoms with Gasteiger partial charge in [-0.05, 0) is 70.7 Å². The number of amides is 2. The Morgan fingerprint density at radius 1 is 1.17 bits per heavy atom. The number of esters is 1. The number of hydrogen-bond donors (Lipinski definition) is 1. The maximum absolute atomic E-state index is 14.1. The summed E-state index contributed by atoms with van der Waals surface area (Å²) in [6.07, 6.45) is 6.56. The smallest absolute Gasteiger partial charge is 0.408 e. The third-order valence-electron chi connectivity index (χ3n) is 7.76. The summed E-state index contributed by atoms with van der Waals surface area (Å²) >= 11 is 3.29. The predicted molar refractivity (Wildman–Crippen MR) is 156 cm³/mol. The minimum atomic E-state index is -4.17. The van der Waals surface area contributed by atoms with Gasteiger partial charge in [-0.3, -0.25) is 8.98 Å². The van der Waals surface area contributed by atoms with E-state index in [1.807, 2.05) is 6.08 Å². The van der Waals surface area contributed by atoms with Gasteiger partial charge in [-0.1, -0.05) is 40.9 Å². The van der Waals surface area contributed by atoms with Crippen molar-refractivity contribution < 1.29 is 36.5 Å². The fourth-order valence-electron chi connectivity index (χ4n) is 5.59. The van der Waals surface area contributed by atoms with Crippen molar-refractivity contribution in [3.63, 3.8) is 0 Å². The summed E-state index contributed by atoms with van der Waals surface area (Å²) in [6.45, 7) is 5.10. The summed E-state index contributed by atoms with van der Waals surface area (Å²) in [6, 6.07) is 4.25. The van der Waals surface area contributed by atoms with Crippen molar-refractivity contribution in [2.45, 2.75) is 99.9 Å². The molecule has 42 heavy (non-hydrogen) atoms. The van der Waals surface area contributed by atoms with E-state index in [4.69, 9.17) is 13.7 Å². The molecule has 3 heterocycles. The standard InChI is InChI=1S/C29H36BrN3O8S/c1-28(2,3)40-27(36)31-22-10-8-6-4-5-7-9-18-16-29(18)26(35)39-24(32-29)23-15-20(17-33(23)25(22)34)41-42(37,38)21-13-11-19(30)12-14-21/h7,9,11-14,18,20,22-23H,4-6,8,10,15-17H2,1-3H3,(H,31,36). The highest BCUT2D eigenvalue weighted by atomic mass is 79.9. The molecule has 228 valence electrons. The largest absolute Gasteiger partial charge is 0.444 e. The van der Waals surface area contributed by atoms with E-state index in [9.17, 15) is 22.8 Å². The first-order valence-corrected chi connectivity index (χ1v) is 16.4. The molecule has 1 aliphatic carbocycles. The fourth-order valence-corrected chi connectivity index (χ4v) is 6.94. The van der Waals surface area contributed by atoms with Gasteiger partial charge >= 0.3 is 12.1 Å². The quantitative estimate of drug-likeness (QED) is 0.286. The van der Waals surface area contributed by atoms with Crippen molar-refractivity contribution in [1.82, 2.24) is 10.2 Å². The van der Waals surface area contributed by atoms with Gasteiger partial charge in [0.1, 0.15) is 17.7 Å². The number of halogens is 1. The highest BCUT2D eigenvalue weighted by molar-refractivity contribution is 9.10. The number of carbonyl (C=O) groups excluding carboxylic acids is 3. The van der Waals surface area contributed by atoms with Crippen molar-refractivity contribution in [2.75, 3.05) is 6.54 Å². The molecule has 2 bridgehead atoms. The Bertz CT molecular complexity index is 1400. The van der Waals surface area contributed by atoms with E-state index in [2.05, 4.69) is 32.3 Å². The zero-order valence-electron chi connectivity index (χ0n) is 23.9. The van der Waals surface area contributed by atoms with Gasteiger partial charge < -0.3 is 19.7 Å². The maximum Gasteiger partial charge on any atom is 0.408 e. The average Bonchev–Trinajstić information content (AvgIpc) is 3.26. The number of ether oxygens (including phenoxy) is 2. The second kappa shape index (κ2) is 11.7. The molecule has 11 nitrogen and oxygen atoms in total. The van der Waals surface area contributed by atoms with E-state index in [0.717, 1.165) is 19.3 Å². The summed E-state index contributed by atoms with van der Waals surface area (Å²) in [5, 5.41) is 2.71. The topological polar surface area (TPSA) is 141 Å². The number of alkyl carbamates (subject to hydrolysis) is 1. The monoisotopic (exact) mass is 665 g/mol. The number of hydrogen-bond acceptors (Lipinski definition) is 9. The highest BCUT2D eigenvalue weighted by Crippen LogP contribution is 2.52. The molecular formula is C29H36BrN3O8S. The average molecular weight is 667 g/mol. The van der Waals surface area contributed by atoms with Crippen LogP contribution in [-0.4, -0.2) is 73.1 Å². The van der Waals surface area contributed by atoms with E-state index >= 15 is 0 Å². The molecule has 0 radical (unpaired) electrons. The van der Waals surface area contributed by atoms with E-state index in [1.54, 1.807) is 32.9 Å². The summed E-state index contributed by atoms with van der Waals surface area (Å²) in [7, 11) is -4.17. The summed E-state index contributed by atoms with van der Waals surface area (Å²) in [5.74, 6) is -0.924. The molecule has 5 rings (SSSR count). The highest BCUT2D eigenvalue weighted by Gasteiger charge is 2.65. The number of aliphatic imine (C=N–C) groups is 1. The summed E-state index contributed by atoms with van der Waals surface area (Å²) < 4.78 is 43.6. The second-order valence-electron chi connectivity index (χ2n) is 12.2. The van der Waals surface area contributed by atoms with Crippen molar-refractivity contribution in [2.24, 2.45) is 10.9 Å². The SMILES string of the molecule is CC(C)(C)OC(=O)NC1CCCCCC=CC2CC23N=C(OC3=O)C2CC(OS(=O)(=O)c3ccc(Br)cc3)CN2C1=O. The predicted octanol–water partition coefficient (Wildman–Crippen LogP) is 4.25. The van der Waals surface area contributed by atoms with Crippen LogP contribution in [0.15, 0.2) is 50.8 Å². The lowest BCUT2D eigenvalue weighted by atomic mass is 10.0. The van der Waals surface area contributed by atoms with E-state index < -0.39 is 57.4 Å². The van der Waals surface area contributed by atoms with Gasteiger partial charge in [-0.15, -0.1) is 0 Å². The molecule has 1 spiro atoms. The molecule has 0 aromatic heterocycles. The van der Waals surface area contributed by atoms with Crippen LogP contribution in [0.1, 0.15) is 65.7 Å². The molecule has 1 saturated heterocycles. The van der Waals surface area contributed by atoms with Gasteiger partial charge in [-0.2, -0.15) is 8.42 Å². The summed E-state index contributed by atoms with van der Waals surface area (Å²) in [4.78, 5) is 45.8. The molecule has 3 aliphatic heterocycles. The molecule has 1 N–H and O–H groups in total. The lowest BCUT2D eigenvalue weighted by molar-refractivity contribution is -0.138. The lowest BCUT2D eigenvalue weighted by Gasteiger charge is -2.29. The van der Waals surface area contributed by atoms with E-state index in [1.165, 1.54) is 17.0 Å². The Labute approximate surface area is 254 Å². The number of nitrogens with one attached hydrogen (secondary N) is 1. The van der Waals surface area contributed by atoms with E-state index in [-0.39, 0.29) is 29.7 Å². The van der Waals surface area contributed by atoms with Gasteiger partial charge in [0.05, 0.1) is 11.0 Å². The van der Waals surface area contributed by atoms with Crippen LogP contribution >= 0.6 is 15.9 Å². The number of allylic oxidation sites excluding steroid dienone is 1. The molecule has 1 aromatic carbocycles. The minimum Gasteiger partial charge on any atom is -0.444 e. The van der Waals surface area contributed by atoms with Crippen LogP contribution in [0.2, 0.25) is 0 Å². The van der Waals surface area contributed by atoms with Crippen LogP contribution in [0.4, 0.5) is 4.79 Å². The van der Waals surface area contributed by atoms with Gasteiger partial charge in [0.2, 0.25) is 11.8 Å². The number of fused-ring (bicyclic) bond motifs is 2. The molecule has 1 saturated carbocycles. The third-order valence-corrected chi connectivity index (χ3v) is 9.67. The molecule has 13 heteroatoms. The molecular weight excluding hydrogens is 630 g/mol. The molecule has 1 aromatic rings. The molecule has 4 aliphatic rings. The lowest BCUT2D eigenvalue weighted by Crippen LogP contribution is -2.52. The minimum absolute atomic E-state index is 0.0258. The van der Waals surface area contributed by atoms with Crippen LogP contribution in [-0.2, 0) is 33.4 Å². The van der Waals surface area contributed by atoms with Crippen LogP contribution in [0.25, 0.3) is 0 Å². The Hall–Kier alpha value is -2.77. The first-order valence-electron chi connectivity index (χ1n) is 14.2. The Morgan fingerprint density at radius 2 is 1.90 bits per heavy atom. The van der Waals surface area contributed by atoms with E-state index in [0.29, 0.717) is 23.7 Å². The van der Waals surface area contributed by atoms with Gasteiger partial charge in [0, 0.05) is 23.4 Å². The number of carbonyl (C=O) groups is 3. The Kier molecular flexibility index (Phi) is 8.56. The maximum atomic E-state index is 14.1. The van der Waals surface area contributed by atoms with Crippen molar-refractivity contribution in [3.8, 4) is 0 Å². The Balaban J connectivity index is 1.44. The summed E-state index contributed by atoms with van der Waals surface area (Å²) in [5.41, 5.74) is -1.77. The van der Waals surface area contributed by atoms with Crippen molar-refractivity contribution in [1.29, 1.82) is 0 Å². The Morgan fingerprint density at radius 3 is 2.62 bits per heavy atom. The van der Waals surface area contributed by atoms with Crippen molar-refractivity contribution >= 4 is 49.9 Å². The molecule has 2 fully saturated rings. The number of nitrogens with zero attached hydrogens (tertiary/aromatic N) is 2. The zero-order valence-corrected chi connectivity index (χ0v) is 26.3. The van der Waals surface area contributed by atoms with Crippen LogP contribution in [0, 0.1) is 5.92 Å². The van der Waals surface area contributed by atoms with Gasteiger partial charge in [0.15, 0.2) is 5.54 Å². The van der Waals surface area contributed by atoms with Gasteiger partial charge in [0.25, 0.3) is 10.1 Å². The third kappa shape index (κ3) is 6.73. The first-order chi connectivity index (χ1) is 19.8. The van der Waals surface area contributed by atoms with Crippen LogP contribution in [0.3, 0.4) is 0 Å². The second-order valence-corrected chi connectivity index (χ2v) is 14.7. The molecule has 2 amide bonds. The molecule has 5 unspecified atom stereocenters. The normalized spacial score (nSPS) is 29.9. The van der Waals surface area contributed by atoms with Crippen LogP contribution < -0.4 is 5.32 Å². The fraction of sp³-hybridized carbons (Fsp3) is 0.586. The molecule has 5 atom stereocenters. The zero-order chi connectivity index (χ0) is 30.3. The number of rotatable bonds is 4. The first kappa shape index (κ1) is 30.7. The number of benzene rings is 1.